The maximum Gasteiger partial charge on any atom is 0.331 e. The van der Waals surface area contributed by atoms with Crippen molar-refractivity contribution in [2.24, 2.45) is 34.0 Å². The van der Waals surface area contributed by atoms with Crippen molar-refractivity contribution in [1.82, 2.24) is 0 Å². The molecule has 4 rings (SSSR count). The van der Waals surface area contributed by atoms with Crippen molar-refractivity contribution in [2.75, 3.05) is 6.61 Å². The molecule has 0 aromatic heterocycles. The van der Waals surface area contributed by atoms with Gasteiger partial charge in [-0.25, -0.2) is 4.79 Å². The van der Waals surface area contributed by atoms with Gasteiger partial charge in [0, 0.05) is 30.3 Å². The van der Waals surface area contributed by atoms with E-state index in [4.69, 9.17) is 9.47 Å². The predicted octanol–water partition coefficient (Wildman–Crippen LogP) is 7.55. The zero-order valence-corrected chi connectivity index (χ0v) is 26.1. The summed E-state index contributed by atoms with van der Waals surface area (Å²) in [6.07, 6.45) is 13.7. The van der Waals surface area contributed by atoms with E-state index >= 15 is 0 Å². The van der Waals surface area contributed by atoms with E-state index in [1.165, 1.54) is 19.3 Å². The fourth-order valence-corrected chi connectivity index (χ4v) is 9.09. The van der Waals surface area contributed by atoms with Gasteiger partial charge in [-0.2, -0.15) is 0 Å². The number of carbonyl (C=O) groups is 2. The minimum atomic E-state index is -1.07. The lowest BCUT2D eigenvalue weighted by molar-refractivity contribution is -0.276. The molecule has 224 valence electrons. The Balaban J connectivity index is 1.71. The Bertz CT molecular complexity index is 1030. The maximum atomic E-state index is 13.3. The lowest BCUT2D eigenvalue weighted by Crippen LogP contribution is -2.71. The number of aliphatic hydroxyl groups is 1. The van der Waals surface area contributed by atoms with E-state index in [0.29, 0.717) is 44.6 Å². The Kier molecular flexibility index (Phi) is 9.50. The zero-order chi connectivity index (χ0) is 29.2. The first-order chi connectivity index (χ1) is 18.8. The predicted molar refractivity (Wildman–Crippen MR) is 158 cm³/mol. The van der Waals surface area contributed by atoms with Crippen molar-refractivity contribution < 1.29 is 24.2 Å². The lowest BCUT2D eigenvalue weighted by Gasteiger charge is -2.68. The van der Waals surface area contributed by atoms with Crippen LogP contribution in [0.15, 0.2) is 11.6 Å². The molecule has 4 aliphatic rings. The van der Waals surface area contributed by atoms with Crippen LogP contribution in [0.4, 0.5) is 0 Å². The molecule has 0 amide bonds. The second-order valence-corrected chi connectivity index (χ2v) is 14.9. The Morgan fingerprint density at radius 2 is 1.80 bits per heavy atom. The van der Waals surface area contributed by atoms with Gasteiger partial charge in [0.1, 0.15) is 12.7 Å². The molecule has 5 nitrogen and oxygen atoms in total. The van der Waals surface area contributed by atoms with Crippen LogP contribution in [0.1, 0.15) is 131 Å². The molecule has 40 heavy (non-hydrogen) atoms. The molecule has 2 saturated carbocycles. The smallest absolute Gasteiger partial charge is 0.331 e. The number of cyclic esters (lactones) is 1. The maximum absolute atomic E-state index is 13.3. The molecule has 2 bridgehead atoms. The fraction of sp³-hybridized carbons (Fsp3) is 0.829. The van der Waals surface area contributed by atoms with Gasteiger partial charge in [-0.3, -0.25) is 4.79 Å². The molecule has 0 radical (unpaired) electrons. The molecule has 0 spiro atoms. The largest absolute Gasteiger partial charge is 0.462 e. The molecule has 0 aromatic rings. The topological polar surface area (TPSA) is 72.8 Å². The van der Waals surface area contributed by atoms with Crippen LogP contribution in [0, 0.1) is 45.8 Å². The van der Waals surface area contributed by atoms with Crippen LogP contribution in [-0.4, -0.2) is 35.4 Å². The number of hydrogen-bond donors (Lipinski definition) is 1. The number of ether oxygens (including phenoxy) is 2. The van der Waals surface area contributed by atoms with Gasteiger partial charge in [-0.1, -0.05) is 79.1 Å². The molecule has 5 heteroatoms. The number of esters is 2. The quantitative estimate of drug-likeness (QED) is 0.211. The molecule has 0 saturated heterocycles. The lowest BCUT2D eigenvalue weighted by atomic mass is 9.38. The zero-order valence-electron chi connectivity index (χ0n) is 26.1. The summed E-state index contributed by atoms with van der Waals surface area (Å²) in [6, 6.07) is 0. The second kappa shape index (κ2) is 12.2. The number of carbonyl (C=O) groups excluding carboxylic acids is 2. The van der Waals surface area contributed by atoms with Gasteiger partial charge in [-0.15, -0.1) is 5.92 Å². The van der Waals surface area contributed by atoms with Gasteiger partial charge in [0.2, 0.25) is 0 Å². The normalized spacial score (nSPS) is 35.8. The number of fused-ring (bicyclic) bond motifs is 4. The molecule has 2 heterocycles. The Hall–Kier alpha value is -1.80. The van der Waals surface area contributed by atoms with E-state index in [1.807, 2.05) is 0 Å². The highest BCUT2D eigenvalue weighted by molar-refractivity contribution is 5.85. The molecule has 0 aromatic carbocycles. The summed E-state index contributed by atoms with van der Waals surface area (Å²) in [5, 5.41) is 13.3. The molecule has 6 atom stereocenters. The first-order valence-electron chi connectivity index (χ1n) is 16.1. The van der Waals surface area contributed by atoms with E-state index in [9.17, 15) is 14.7 Å². The first-order valence-corrected chi connectivity index (χ1v) is 16.1. The Morgan fingerprint density at radius 1 is 1.05 bits per heavy atom. The Morgan fingerprint density at radius 3 is 2.50 bits per heavy atom. The molecular formula is C35H54O5. The molecule has 2 aliphatic carbocycles. The third-order valence-electron chi connectivity index (χ3n) is 11.0. The summed E-state index contributed by atoms with van der Waals surface area (Å²) >= 11 is 0. The highest BCUT2D eigenvalue weighted by atomic mass is 16.5. The van der Waals surface area contributed by atoms with Crippen LogP contribution < -0.4 is 0 Å². The summed E-state index contributed by atoms with van der Waals surface area (Å²) < 4.78 is 11.5. The minimum absolute atomic E-state index is 0.0577. The summed E-state index contributed by atoms with van der Waals surface area (Å²) in [5.41, 5.74) is -1.33. The van der Waals surface area contributed by atoms with Crippen LogP contribution in [0.2, 0.25) is 0 Å². The van der Waals surface area contributed by atoms with Crippen LogP contribution in [0.5, 0.6) is 0 Å². The molecule has 2 fully saturated rings. The van der Waals surface area contributed by atoms with Gasteiger partial charge in [0.25, 0.3) is 0 Å². The van der Waals surface area contributed by atoms with Gasteiger partial charge in [0.15, 0.2) is 0 Å². The molecular weight excluding hydrogens is 500 g/mol. The van der Waals surface area contributed by atoms with Gasteiger partial charge in [-0.05, 0) is 61.9 Å². The van der Waals surface area contributed by atoms with Gasteiger partial charge < -0.3 is 14.6 Å². The minimum Gasteiger partial charge on any atom is -0.462 e. The highest BCUT2D eigenvalue weighted by Crippen LogP contribution is 2.69. The second-order valence-electron chi connectivity index (χ2n) is 14.9. The highest BCUT2D eigenvalue weighted by Gasteiger charge is 2.71. The SMILES string of the molecule is CC(C)CCCC(C)CCCC12CCCC(C)(C)C1C1CC(C)(C#CCCC(=O)O1)C2(O)CCC1=CC(=O)OC1. The summed E-state index contributed by atoms with van der Waals surface area (Å²) in [6.45, 7) is 14.0. The van der Waals surface area contributed by atoms with Crippen molar-refractivity contribution in [3.63, 3.8) is 0 Å². The Labute approximate surface area is 243 Å². The molecule has 6 unspecified atom stereocenters. The van der Waals surface area contributed by atoms with Gasteiger partial charge in [0.05, 0.1) is 17.4 Å². The van der Waals surface area contributed by atoms with Crippen LogP contribution in [0.3, 0.4) is 0 Å². The number of hydrogen-bond acceptors (Lipinski definition) is 5. The molecule has 2 aliphatic heterocycles. The summed E-state index contributed by atoms with van der Waals surface area (Å²) in [5.74, 6) is 7.82. The van der Waals surface area contributed by atoms with E-state index in [1.54, 1.807) is 6.08 Å². The van der Waals surface area contributed by atoms with Crippen molar-refractivity contribution in [3.8, 4) is 11.8 Å². The standard InChI is InChI=1S/C35H54O5/c1-25(2)12-9-13-26(3)14-10-19-34-20-11-17-32(4,5)31(34)28-23-33(6,18-8-7-15-29(36)40-28)35(34,38)21-16-27-22-30(37)39-24-27/h22,25-26,28,31,38H,7,9-17,19-21,23-24H2,1-6H3. The first kappa shape index (κ1) is 31.1. The van der Waals surface area contributed by atoms with E-state index in [2.05, 4.69) is 53.4 Å². The van der Waals surface area contributed by atoms with Crippen LogP contribution in [-0.2, 0) is 19.1 Å². The fourth-order valence-electron chi connectivity index (χ4n) is 9.09. The third kappa shape index (κ3) is 6.18. The van der Waals surface area contributed by atoms with E-state index < -0.39 is 16.4 Å². The summed E-state index contributed by atoms with van der Waals surface area (Å²) in [7, 11) is 0. The van der Waals surface area contributed by atoms with Crippen LogP contribution >= 0.6 is 0 Å². The van der Waals surface area contributed by atoms with Crippen LogP contribution in [0.25, 0.3) is 0 Å². The average Bonchev–Trinajstić information content (AvgIpc) is 3.30. The van der Waals surface area contributed by atoms with Gasteiger partial charge >= 0.3 is 11.9 Å². The molecule has 1 N–H and O–H groups in total. The van der Waals surface area contributed by atoms with E-state index in [-0.39, 0.29) is 29.4 Å². The average molecular weight is 555 g/mol. The third-order valence-corrected chi connectivity index (χ3v) is 11.0. The monoisotopic (exact) mass is 554 g/mol. The van der Waals surface area contributed by atoms with E-state index in [0.717, 1.165) is 50.0 Å². The van der Waals surface area contributed by atoms with Crippen molar-refractivity contribution in [2.45, 2.75) is 143 Å². The number of rotatable bonds is 11. The summed E-state index contributed by atoms with van der Waals surface area (Å²) in [4.78, 5) is 24.8. The van der Waals surface area contributed by atoms with Crippen molar-refractivity contribution in [1.29, 1.82) is 0 Å². The van der Waals surface area contributed by atoms with Crippen molar-refractivity contribution in [3.05, 3.63) is 11.6 Å². The van der Waals surface area contributed by atoms with Crippen molar-refractivity contribution >= 4 is 11.9 Å².